The van der Waals surface area contributed by atoms with Crippen LogP contribution in [0.1, 0.15) is 73.7 Å². The van der Waals surface area contributed by atoms with Crippen molar-refractivity contribution in [3.05, 3.63) is 108 Å². The van der Waals surface area contributed by atoms with Crippen LogP contribution in [0.5, 0.6) is 0 Å². The summed E-state index contributed by atoms with van der Waals surface area (Å²) in [4.78, 5) is 14.6. The maximum Gasteiger partial charge on any atom is 0.407 e. The first-order valence-electron chi connectivity index (χ1n) is 16.0. The van der Waals surface area contributed by atoms with E-state index in [1.165, 1.54) is 32.1 Å². The molecule has 5 rings (SSSR count). The lowest BCUT2D eigenvalue weighted by Crippen LogP contribution is -2.45. The van der Waals surface area contributed by atoms with Gasteiger partial charge in [-0.2, -0.15) is 0 Å². The first-order chi connectivity index (χ1) is 21.6. The maximum atomic E-state index is 12.0. The molecule has 0 aliphatic carbocycles. The minimum atomic E-state index is -0.501. The number of aliphatic hydroxyl groups is 1. The third kappa shape index (κ3) is 8.36. The third-order valence-electron chi connectivity index (χ3n) is 8.78. The summed E-state index contributed by atoms with van der Waals surface area (Å²) >= 11 is 0. The van der Waals surface area contributed by atoms with Gasteiger partial charge in [0.15, 0.2) is 6.29 Å². The molecular weight excluding hydrogens is 552 g/mol. The van der Waals surface area contributed by atoms with E-state index in [-0.39, 0.29) is 31.3 Å². The molecule has 4 unspecified atom stereocenters. The number of rotatable bonds is 10. The van der Waals surface area contributed by atoms with Gasteiger partial charge in [-0.25, -0.2) is 4.79 Å². The fourth-order valence-corrected chi connectivity index (χ4v) is 6.21. The maximum absolute atomic E-state index is 12.0. The molecular formula is C37H46N2O5. The van der Waals surface area contributed by atoms with Crippen molar-refractivity contribution >= 4 is 6.09 Å². The molecule has 2 aliphatic heterocycles. The summed E-state index contributed by atoms with van der Waals surface area (Å²) in [7, 11) is 0. The molecule has 0 radical (unpaired) electrons. The van der Waals surface area contributed by atoms with Crippen molar-refractivity contribution in [2.45, 2.75) is 70.7 Å². The zero-order valence-electron chi connectivity index (χ0n) is 25.8. The molecule has 3 aromatic rings. The van der Waals surface area contributed by atoms with Gasteiger partial charge in [-0.3, -0.25) is 0 Å². The highest BCUT2D eigenvalue weighted by Gasteiger charge is 2.39. The highest BCUT2D eigenvalue weighted by Crippen LogP contribution is 2.42. The van der Waals surface area contributed by atoms with E-state index >= 15 is 0 Å². The van der Waals surface area contributed by atoms with E-state index in [0.29, 0.717) is 6.54 Å². The van der Waals surface area contributed by atoms with E-state index in [1.807, 2.05) is 30.3 Å². The summed E-state index contributed by atoms with van der Waals surface area (Å²) in [5, 5.41) is 12.4. The van der Waals surface area contributed by atoms with E-state index in [2.05, 4.69) is 66.2 Å². The van der Waals surface area contributed by atoms with E-state index in [0.717, 1.165) is 53.0 Å². The third-order valence-corrected chi connectivity index (χ3v) is 8.78. The SMILES string of the molecule is C=CCOC(=O)NCc1ccccc1-c1ccc(C2OC(CN3CCCCCCC3)C(C)C(c3ccc(CO)cc3)O2)cc1. The Morgan fingerprint density at radius 3 is 2.34 bits per heavy atom. The Morgan fingerprint density at radius 2 is 1.64 bits per heavy atom. The molecule has 2 aliphatic rings. The van der Waals surface area contributed by atoms with Gasteiger partial charge in [-0.05, 0) is 53.7 Å². The van der Waals surface area contributed by atoms with Gasteiger partial charge in [0.1, 0.15) is 6.61 Å². The van der Waals surface area contributed by atoms with Crippen molar-refractivity contribution < 1.29 is 24.1 Å². The van der Waals surface area contributed by atoms with Crippen molar-refractivity contribution in [1.29, 1.82) is 0 Å². The number of amides is 1. The normalized spacial score (nSPS) is 22.9. The summed E-state index contributed by atoms with van der Waals surface area (Å²) < 4.78 is 18.5. The Kier molecular flexibility index (Phi) is 11.6. The quantitative estimate of drug-likeness (QED) is 0.238. The zero-order chi connectivity index (χ0) is 30.7. The van der Waals surface area contributed by atoms with Crippen LogP contribution in [0.2, 0.25) is 0 Å². The lowest BCUT2D eigenvalue weighted by Gasteiger charge is -2.43. The van der Waals surface area contributed by atoms with Gasteiger partial charge in [-0.15, -0.1) is 0 Å². The summed E-state index contributed by atoms with van der Waals surface area (Å²) in [5.74, 6) is 0.161. The van der Waals surface area contributed by atoms with E-state index in [4.69, 9.17) is 14.2 Å². The Balaban J connectivity index is 1.35. The number of likely N-dealkylation sites (tertiary alicyclic amines) is 1. The van der Waals surface area contributed by atoms with Crippen molar-refractivity contribution in [2.24, 2.45) is 5.92 Å². The van der Waals surface area contributed by atoms with Crippen LogP contribution in [0, 0.1) is 5.92 Å². The summed E-state index contributed by atoms with van der Waals surface area (Å²) in [6.07, 6.45) is 6.87. The van der Waals surface area contributed by atoms with Crippen LogP contribution < -0.4 is 5.32 Å². The molecule has 0 aromatic heterocycles. The molecule has 0 bridgehead atoms. The summed E-state index contributed by atoms with van der Waals surface area (Å²) in [5.41, 5.74) is 6.04. The topological polar surface area (TPSA) is 80.3 Å². The molecule has 44 heavy (non-hydrogen) atoms. The Hall–Kier alpha value is -3.49. The fraction of sp³-hybridized carbons (Fsp3) is 0.432. The second-order valence-corrected chi connectivity index (χ2v) is 11.9. The van der Waals surface area contributed by atoms with Gasteiger partial charge >= 0.3 is 6.09 Å². The molecule has 7 heteroatoms. The first kappa shape index (κ1) is 31.9. The van der Waals surface area contributed by atoms with Crippen LogP contribution in [0.3, 0.4) is 0 Å². The summed E-state index contributed by atoms with van der Waals surface area (Å²) in [6.45, 7) is 9.48. The molecule has 3 aromatic carbocycles. The minimum Gasteiger partial charge on any atom is -0.445 e. The molecule has 7 nitrogen and oxygen atoms in total. The highest BCUT2D eigenvalue weighted by molar-refractivity contribution is 5.70. The van der Waals surface area contributed by atoms with Crippen LogP contribution in [0.25, 0.3) is 11.1 Å². The lowest BCUT2D eigenvalue weighted by molar-refractivity contribution is -0.276. The van der Waals surface area contributed by atoms with Crippen molar-refractivity contribution in [1.82, 2.24) is 10.2 Å². The van der Waals surface area contributed by atoms with Crippen molar-refractivity contribution in [3.8, 4) is 11.1 Å². The smallest absolute Gasteiger partial charge is 0.407 e. The van der Waals surface area contributed by atoms with Gasteiger partial charge in [0, 0.05) is 24.6 Å². The molecule has 0 spiro atoms. The molecule has 2 fully saturated rings. The molecule has 1 amide bonds. The number of alkyl carbamates (subject to hydrolysis) is 1. The summed E-state index contributed by atoms with van der Waals surface area (Å²) in [6, 6.07) is 24.5. The van der Waals surface area contributed by atoms with Crippen LogP contribution in [0.4, 0.5) is 4.79 Å². The number of nitrogens with zero attached hydrogens (tertiary/aromatic N) is 1. The van der Waals surface area contributed by atoms with Crippen LogP contribution >= 0.6 is 0 Å². The van der Waals surface area contributed by atoms with Gasteiger partial charge in [0.2, 0.25) is 0 Å². The average molecular weight is 599 g/mol. The molecule has 2 N–H and O–H groups in total. The van der Waals surface area contributed by atoms with Gasteiger partial charge < -0.3 is 29.5 Å². The lowest BCUT2D eigenvalue weighted by atomic mass is 9.89. The number of hydrogen-bond donors (Lipinski definition) is 2. The average Bonchev–Trinajstić information content (AvgIpc) is 3.05. The number of carbonyl (C=O) groups is 1. The second-order valence-electron chi connectivity index (χ2n) is 11.9. The number of benzene rings is 3. The van der Waals surface area contributed by atoms with Crippen LogP contribution in [-0.2, 0) is 27.4 Å². The largest absolute Gasteiger partial charge is 0.445 e. The number of ether oxygens (including phenoxy) is 3. The number of nitrogens with one attached hydrogen (secondary N) is 1. The predicted molar refractivity (Wildman–Crippen MR) is 173 cm³/mol. The Morgan fingerprint density at radius 1 is 0.955 bits per heavy atom. The van der Waals surface area contributed by atoms with Gasteiger partial charge in [0.25, 0.3) is 0 Å². The molecule has 2 saturated heterocycles. The number of aliphatic hydroxyl groups excluding tert-OH is 1. The van der Waals surface area contributed by atoms with Crippen molar-refractivity contribution in [3.63, 3.8) is 0 Å². The van der Waals surface area contributed by atoms with Crippen molar-refractivity contribution in [2.75, 3.05) is 26.2 Å². The molecule has 4 atom stereocenters. The fourth-order valence-electron chi connectivity index (χ4n) is 6.21. The standard InChI is InChI=1S/C37H46N2O5/c1-3-23-42-37(41)38-24-32-11-7-8-12-33(32)29-17-19-31(20-18-29)36-43-34(25-39-21-9-5-4-6-10-22-39)27(2)35(44-36)30-15-13-28(26-40)14-16-30/h3,7-8,11-20,27,34-36,40H,1,4-6,9-10,21-26H2,2H3,(H,38,41). The van der Waals surface area contributed by atoms with Gasteiger partial charge in [0.05, 0.1) is 18.8 Å². The van der Waals surface area contributed by atoms with E-state index in [1.54, 1.807) is 6.08 Å². The molecule has 234 valence electrons. The second kappa shape index (κ2) is 16.0. The van der Waals surface area contributed by atoms with Gasteiger partial charge in [-0.1, -0.05) is 112 Å². The molecule has 2 heterocycles. The first-order valence-corrected chi connectivity index (χ1v) is 16.0. The molecule has 0 saturated carbocycles. The minimum absolute atomic E-state index is 0.0167. The Labute approximate surface area is 261 Å². The highest BCUT2D eigenvalue weighted by atomic mass is 16.7. The van der Waals surface area contributed by atoms with Crippen LogP contribution in [0.15, 0.2) is 85.5 Å². The predicted octanol–water partition coefficient (Wildman–Crippen LogP) is 7.32. The zero-order valence-corrected chi connectivity index (χ0v) is 25.8. The van der Waals surface area contributed by atoms with E-state index in [9.17, 15) is 9.90 Å². The van der Waals surface area contributed by atoms with Crippen LogP contribution in [-0.4, -0.2) is 48.4 Å². The number of hydrogen-bond acceptors (Lipinski definition) is 6. The monoisotopic (exact) mass is 598 g/mol. The number of carbonyl (C=O) groups excluding carboxylic acids is 1. The van der Waals surface area contributed by atoms with E-state index < -0.39 is 12.4 Å². The Bertz CT molecular complexity index is 1330.